The van der Waals surface area contributed by atoms with Gasteiger partial charge < -0.3 is 4.74 Å². The second-order valence-electron chi connectivity index (χ2n) is 7.23. The van der Waals surface area contributed by atoms with Crippen molar-refractivity contribution >= 4 is 17.6 Å². The standard InChI is InChI=1S/C22H25NO3/c1-15(2)12-16-8-10-17(11-9-16)13-21(24)23-19-7-5-4-6-18(19)14-20(23)22(25)26-3/h4-11,15,20H,12-14H2,1-3H3. The Balaban J connectivity index is 1.79. The topological polar surface area (TPSA) is 46.6 Å². The number of benzene rings is 2. The molecule has 1 unspecified atom stereocenters. The van der Waals surface area contributed by atoms with E-state index in [1.54, 1.807) is 4.90 Å². The van der Waals surface area contributed by atoms with E-state index >= 15 is 0 Å². The molecule has 3 rings (SSSR count). The van der Waals surface area contributed by atoms with E-state index < -0.39 is 6.04 Å². The molecule has 1 amide bonds. The van der Waals surface area contributed by atoms with Crippen molar-refractivity contribution in [1.29, 1.82) is 0 Å². The molecule has 0 aromatic heterocycles. The Hall–Kier alpha value is -2.62. The summed E-state index contributed by atoms with van der Waals surface area (Å²) in [4.78, 5) is 26.8. The summed E-state index contributed by atoms with van der Waals surface area (Å²) in [6.07, 6.45) is 1.80. The van der Waals surface area contributed by atoms with Crippen LogP contribution in [0.3, 0.4) is 0 Å². The molecule has 0 fully saturated rings. The number of anilines is 1. The van der Waals surface area contributed by atoms with Crippen LogP contribution in [0.2, 0.25) is 0 Å². The van der Waals surface area contributed by atoms with Crippen LogP contribution in [0.5, 0.6) is 0 Å². The monoisotopic (exact) mass is 351 g/mol. The zero-order valence-corrected chi connectivity index (χ0v) is 15.6. The predicted molar refractivity (Wildman–Crippen MR) is 102 cm³/mol. The van der Waals surface area contributed by atoms with Crippen molar-refractivity contribution in [2.45, 2.75) is 39.2 Å². The Kier molecular flexibility index (Phi) is 5.40. The van der Waals surface area contributed by atoms with Gasteiger partial charge in [-0.05, 0) is 35.1 Å². The zero-order chi connectivity index (χ0) is 18.7. The van der Waals surface area contributed by atoms with Gasteiger partial charge in [-0.15, -0.1) is 0 Å². The van der Waals surface area contributed by atoms with E-state index in [0.717, 1.165) is 23.2 Å². The van der Waals surface area contributed by atoms with Crippen LogP contribution in [0.1, 0.15) is 30.5 Å². The number of ether oxygens (including phenoxy) is 1. The highest BCUT2D eigenvalue weighted by Gasteiger charge is 2.38. The molecule has 2 aromatic rings. The van der Waals surface area contributed by atoms with E-state index in [2.05, 4.69) is 26.0 Å². The number of carbonyl (C=O) groups is 2. The van der Waals surface area contributed by atoms with Crippen LogP contribution in [-0.4, -0.2) is 25.0 Å². The smallest absolute Gasteiger partial charge is 0.329 e. The highest BCUT2D eigenvalue weighted by Crippen LogP contribution is 2.33. The van der Waals surface area contributed by atoms with Gasteiger partial charge in [-0.25, -0.2) is 4.79 Å². The van der Waals surface area contributed by atoms with E-state index in [9.17, 15) is 9.59 Å². The van der Waals surface area contributed by atoms with Gasteiger partial charge in [-0.2, -0.15) is 0 Å². The maximum Gasteiger partial charge on any atom is 0.329 e. The highest BCUT2D eigenvalue weighted by atomic mass is 16.5. The van der Waals surface area contributed by atoms with Crippen LogP contribution in [-0.2, 0) is 33.6 Å². The van der Waals surface area contributed by atoms with Crippen LogP contribution in [0.25, 0.3) is 0 Å². The zero-order valence-electron chi connectivity index (χ0n) is 15.6. The number of carbonyl (C=O) groups excluding carboxylic acids is 2. The molecule has 0 spiro atoms. The van der Waals surface area contributed by atoms with Crippen LogP contribution in [0.15, 0.2) is 48.5 Å². The summed E-state index contributed by atoms with van der Waals surface area (Å²) < 4.78 is 4.92. The second-order valence-corrected chi connectivity index (χ2v) is 7.23. The van der Waals surface area contributed by atoms with Gasteiger partial charge >= 0.3 is 5.97 Å². The van der Waals surface area contributed by atoms with Crippen molar-refractivity contribution in [2.75, 3.05) is 12.0 Å². The molecule has 1 heterocycles. The summed E-state index contributed by atoms with van der Waals surface area (Å²) >= 11 is 0. The minimum atomic E-state index is -0.579. The third-order valence-corrected chi connectivity index (χ3v) is 4.74. The fourth-order valence-corrected chi connectivity index (χ4v) is 3.54. The van der Waals surface area contributed by atoms with E-state index in [-0.39, 0.29) is 18.3 Å². The summed E-state index contributed by atoms with van der Waals surface area (Å²) in [6, 6.07) is 15.3. The first-order chi connectivity index (χ1) is 12.5. The molecule has 136 valence electrons. The Morgan fingerprint density at radius 2 is 1.73 bits per heavy atom. The molecule has 1 aliphatic rings. The number of para-hydroxylation sites is 1. The van der Waals surface area contributed by atoms with Gasteiger partial charge in [-0.1, -0.05) is 56.3 Å². The van der Waals surface area contributed by atoms with Gasteiger partial charge in [0.15, 0.2) is 0 Å². The maximum absolute atomic E-state index is 13.0. The van der Waals surface area contributed by atoms with Gasteiger partial charge in [0.1, 0.15) is 6.04 Å². The van der Waals surface area contributed by atoms with Crippen molar-refractivity contribution in [3.8, 4) is 0 Å². The molecule has 4 heteroatoms. The molecule has 0 bridgehead atoms. The quantitative estimate of drug-likeness (QED) is 0.774. The molecule has 4 nitrogen and oxygen atoms in total. The SMILES string of the molecule is COC(=O)C1Cc2ccccc2N1C(=O)Cc1ccc(CC(C)C)cc1. The second kappa shape index (κ2) is 7.73. The average molecular weight is 351 g/mol. The number of nitrogens with zero attached hydrogens (tertiary/aromatic N) is 1. The molecule has 26 heavy (non-hydrogen) atoms. The van der Waals surface area contributed by atoms with Gasteiger partial charge in [0.2, 0.25) is 5.91 Å². The number of fused-ring (bicyclic) bond motifs is 1. The van der Waals surface area contributed by atoms with Crippen molar-refractivity contribution in [3.63, 3.8) is 0 Å². The molecular weight excluding hydrogens is 326 g/mol. The molecular formula is C22H25NO3. The Morgan fingerprint density at radius 1 is 1.08 bits per heavy atom. The van der Waals surface area contributed by atoms with Crippen LogP contribution in [0.4, 0.5) is 5.69 Å². The first-order valence-electron chi connectivity index (χ1n) is 9.05. The number of esters is 1. The lowest BCUT2D eigenvalue weighted by Crippen LogP contribution is -2.44. The van der Waals surface area contributed by atoms with Crippen molar-refractivity contribution in [1.82, 2.24) is 0 Å². The fourth-order valence-electron chi connectivity index (χ4n) is 3.54. The van der Waals surface area contributed by atoms with Crippen LogP contribution >= 0.6 is 0 Å². The lowest BCUT2D eigenvalue weighted by molar-refractivity contribution is -0.143. The lowest BCUT2D eigenvalue weighted by Gasteiger charge is -2.24. The van der Waals surface area contributed by atoms with E-state index in [0.29, 0.717) is 12.3 Å². The van der Waals surface area contributed by atoms with Gasteiger partial charge in [0, 0.05) is 12.1 Å². The molecule has 1 atom stereocenters. The number of hydrogen-bond acceptors (Lipinski definition) is 3. The molecule has 0 radical (unpaired) electrons. The number of hydrogen-bond donors (Lipinski definition) is 0. The first kappa shape index (κ1) is 18.2. The van der Waals surface area contributed by atoms with Gasteiger partial charge in [0.25, 0.3) is 0 Å². The summed E-state index contributed by atoms with van der Waals surface area (Å²) in [6.45, 7) is 4.38. The highest BCUT2D eigenvalue weighted by molar-refractivity contribution is 6.03. The molecule has 0 N–H and O–H groups in total. The molecule has 1 aliphatic heterocycles. The molecule has 0 saturated carbocycles. The minimum Gasteiger partial charge on any atom is -0.467 e. The van der Waals surface area contributed by atoms with Crippen molar-refractivity contribution in [3.05, 3.63) is 65.2 Å². The summed E-state index contributed by atoms with van der Waals surface area (Å²) in [5.41, 5.74) is 4.04. The third kappa shape index (κ3) is 3.79. The van der Waals surface area contributed by atoms with Crippen molar-refractivity contribution in [2.24, 2.45) is 5.92 Å². The fraction of sp³-hybridized carbons (Fsp3) is 0.364. The van der Waals surface area contributed by atoms with Crippen LogP contribution < -0.4 is 4.90 Å². The number of amides is 1. The summed E-state index contributed by atoms with van der Waals surface area (Å²) in [5, 5.41) is 0. The van der Waals surface area contributed by atoms with Crippen LogP contribution in [0, 0.1) is 5.92 Å². The normalized spacial score (nSPS) is 15.8. The predicted octanol–water partition coefficient (Wildman–Crippen LogP) is 3.56. The Bertz CT molecular complexity index is 795. The Labute approximate surface area is 154 Å². The lowest BCUT2D eigenvalue weighted by atomic mass is 10.0. The summed E-state index contributed by atoms with van der Waals surface area (Å²) in [5.74, 6) is 0.146. The largest absolute Gasteiger partial charge is 0.467 e. The third-order valence-electron chi connectivity index (χ3n) is 4.74. The maximum atomic E-state index is 13.0. The van der Waals surface area contributed by atoms with Gasteiger partial charge in [-0.3, -0.25) is 9.69 Å². The Morgan fingerprint density at radius 3 is 2.38 bits per heavy atom. The van der Waals surface area contributed by atoms with Crippen molar-refractivity contribution < 1.29 is 14.3 Å². The van der Waals surface area contributed by atoms with Gasteiger partial charge in [0.05, 0.1) is 13.5 Å². The van der Waals surface area contributed by atoms with E-state index in [1.165, 1.54) is 12.7 Å². The average Bonchev–Trinajstić information content (AvgIpc) is 3.02. The first-order valence-corrected chi connectivity index (χ1v) is 9.05. The van der Waals surface area contributed by atoms with E-state index in [1.807, 2.05) is 36.4 Å². The minimum absolute atomic E-state index is 0.0815. The number of rotatable bonds is 5. The molecule has 0 aliphatic carbocycles. The number of methoxy groups -OCH3 is 1. The molecule has 2 aromatic carbocycles. The summed E-state index contributed by atoms with van der Waals surface area (Å²) in [7, 11) is 1.36. The molecule has 0 saturated heterocycles. The van der Waals surface area contributed by atoms with E-state index in [4.69, 9.17) is 4.74 Å².